The molecule has 0 heterocycles. The van der Waals surface area contributed by atoms with E-state index >= 15 is 0 Å². The molecule has 1 N–H and O–H groups in total. The number of hydrogen-bond acceptors (Lipinski definition) is 2. The molecule has 0 amide bonds. The minimum atomic E-state index is -4.84. The molecule has 0 radical (unpaired) electrons. The van der Waals surface area contributed by atoms with Crippen molar-refractivity contribution in [1.82, 2.24) is 4.13 Å². The van der Waals surface area contributed by atoms with Gasteiger partial charge in [0, 0.05) is 0 Å². The molecule has 8 heteroatoms. The number of hydrogen-bond donors (Lipinski definition) is 2. The normalized spacial score (nSPS) is 15.6. The number of alkyl halides is 3. The monoisotopic (exact) mass is 181 g/mol. The lowest BCUT2D eigenvalue weighted by Crippen LogP contribution is -2.33. The van der Waals surface area contributed by atoms with Crippen LogP contribution in [0.25, 0.3) is 0 Å². The van der Waals surface area contributed by atoms with Crippen molar-refractivity contribution in [3.8, 4) is 0 Å². The smallest absolute Gasteiger partial charge is 0.590 e. The molecule has 0 aromatic rings. The Labute approximate surface area is 55.6 Å². The summed E-state index contributed by atoms with van der Waals surface area (Å²) in [5.74, 6) is 0. The highest BCUT2D eigenvalue weighted by Crippen LogP contribution is 2.20. The SMILES string of the molecule is O=[SH]N[S+]([O-])C(F)(F)F. The number of rotatable bonds is 2. The maximum atomic E-state index is 11.1. The maximum Gasteiger partial charge on any atom is 0.593 e. The van der Waals surface area contributed by atoms with Crippen LogP contribution in [0.4, 0.5) is 13.2 Å². The maximum absolute atomic E-state index is 11.1. The first kappa shape index (κ1) is 9.21. The lowest BCUT2D eigenvalue weighted by Gasteiger charge is -2.07. The van der Waals surface area contributed by atoms with Gasteiger partial charge in [-0.25, -0.2) is 4.21 Å². The summed E-state index contributed by atoms with van der Waals surface area (Å²) in [5.41, 5.74) is -4.84. The van der Waals surface area contributed by atoms with E-state index in [1.807, 2.05) is 0 Å². The fourth-order valence-electron chi connectivity index (χ4n) is 0.0856. The second kappa shape index (κ2) is 3.40. The predicted octanol–water partition coefficient (Wildman–Crippen LogP) is -0.380. The molecule has 0 aliphatic carbocycles. The quantitative estimate of drug-likeness (QED) is 0.450. The molecule has 1 atom stereocenters. The largest absolute Gasteiger partial charge is 0.593 e. The number of halogens is 3. The Morgan fingerprint density at radius 3 is 2.11 bits per heavy atom. The first-order valence-electron chi connectivity index (χ1n) is 1.55. The summed E-state index contributed by atoms with van der Waals surface area (Å²) in [5, 5.41) is 0. The second-order valence-corrected chi connectivity index (χ2v) is 2.81. The van der Waals surface area contributed by atoms with Crippen LogP contribution in [0.5, 0.6) is 0 Å². The summed E-state index contributed by atoms with van der Waals surface area (Å²) in [4.78, 5) is 0. The molecule has 56 valence electrons. The van der Waals surface area contributed by atoms with Gasteiger partial charge in [-0.3, -0.25) is 0 Å². The Morgan fingerprint density at radius 1 is 1.56 bits per heavy atom. The zero-order chi connectivity index (χ0) is 7.49. The summed E-state index contributed by atoms with van der Waals surface area (Å²) in [7, 11) is 0. The lowest BCUT2D eigenvalue weighted by molar-refractivity contribution is -0.0440. The van der Waals surface area contributed by atoms with Crippen LogP contribution in [0.2, 0.25) is 0 Å². The van der Waals surface area contributed by atoms with Crippen molar-refractivity contribution in [2.45, 2.75) is 5.51 Å². The van der Waals surface area contributed by atoms with E-state index in [0.717, 1.165) is 4.13 Å². The van der Waals surface area contributed by atoms with Crippen LogP contribution in [0.15, 0.2) is 0 Å². The Bertz CT molecular complexity index is 104. The van der Waals surface area contributed by atoms with E-state index in [0.29, 0.717) is 0 Å². The summed E-state index contributed by atoms with van der Waals surface area (Å²) in [6, 6.07) is 0. The molecule has 0 rings (SSSR count). The summed E-state index contributed by atoms with van der Waals surface area (Å²) < 4.78 is 53.6. The Kier molecular flexibility index (Phi) is 3.48. The van der Waals surface area contributed by atoms with E-state index in [9.17, 15) is 21.9 Å². The second-order valence-electron chi connectivity index (χ2n) is 0.897. The van der Waals surface area contributed by atoms with Crippen LogP contribution >= 0.6 is 0 Å². The zero-order valence-electron chi connectivity index (χ0n) is 3.81. The number of thiol groups is 1. The summed E-state index contributed by atoms with van der Waals surface area (Å²) >= 11 is -4.21. The molecule has 1 unspecified atom stereocenters. The molecule has 0 aromatic carbocycles. The van der Waals surface area contributed by atoms with E-state index in [4.69, 9.17) is 0 Å². The predicted molar refractivity (Wildman–Crippen MR) is 26.9 cm³/mol. The van der Waals surface area contributed by atoms with Gasteiger partial charge in [0.25, 0.3) is 0 Å². The van der Waals surface area contributed by atoms with E-state index in [1.54, 1.807) is 0 Å². The van der Waals surface area contributed by atoms with Gasteiger partial charge in [0.15, 0.2) is 11.4 Å². The lowest BCUT2D eigenvalue weighted by atomic mass is 11.6. The van der Waals surface area contributed by atoms with Crippen LogP contribution in [-0.4, -0.2) is 14.3 Å². The van der Waals surface area contributed by atoms with E-state index in [2.05, 4.69) is 0 Å². The van der Waals surface area contributed by atoms with E-state index < -0.39 is 28.7 Å². The van der Waals surface area contributed by atoms with E-state index in [1.165, 1.54) is 0 Å². The molecule has 0 spiro atoms. The molecule has 9 heavy (non-hydrogen) atoms. The van der Waals surface area contributed by atoms with Gasteiger partial charge in [-0.1, -0.05) is 0 Å². The van der Waals surface area contributed by atoms with Crippen LogP contribution in [0, 0.1) is 0 Å². The first-order valence-corrected chi connectivity index (χ1v) is 3.51. The van der Waals surface area contributed by atoms with Crippen LogP contribution in [-0.2, 0) is 23.2 Å². The molecule has 0 saturated carbocycles. The summed E-state index contributed by atoms with van der Waals surface area (Å²) in [6.45, 7) is 0. The van der Waals surface area contributed by atoms with Crippen molar-refractivity contribution in [3.63, 3.8) is 0 Å². The third-order valence-corrected chi connectivity index (χ3v) is 1.71. The minimum Gasteiger partial charge on any atom is -0.590 e. The molecule has 3 nitrogen and oxygen atoms in total. The van der Waals surface area contributed by atoms with E-state index in [-0.39, 0.29) is 0 Å². The standard InChI is InChI=1S/CH2F3NO2S2/c2-1(3,4)9(7)5-8-6/h8H,(H,5,6). The van der Waals surface area contributed by atoms with Crippen molar-refractivity contribution >= 4 is 23.2 Å². The molecule has 0 saturated heterocycles. The molecule has 0 aliphatic rings. The van der Waals surface area contributed by atoms with Crippen molar-refractivity contribution in [2.24, 2.45) is 0 Å². The van der Waals surface area contributed by atoms with Gasteiger partial charge < -0.3 is 4.55 Å². The highest BCUT2D eigenvalue weighted by Gasteiger charge is 2.45. The number of nitrogens with one attached hydrogen (secondary N) is 1. The molecule has 0 bridgehead atoms. The summed E-state index contributed by atoms with van der Waals surface area (Å²) in [6.07, 6.45) is 0. The van der Waals surface area contributed by atoms with Gasteiger partial charge in [-0.15, -0.1) is 13.2 Å². The van der Waals surface area contributed by atoms with Crippen molar-refractivity contribution in [1.29, 1.82) is 0 Å². The van der Waals surface area contributed by atoms with Crippen LogP contribution < -0.4 is 4.13 Å². The fraction of sp³-hybridized carbons (Fsp3) is 1.00. The van der Waals surface area contributed by atoms with Gasteiger partial charge in [-0.05, 0) is 4.13 Å². The van der Waals surface area contributed by atoms with Crippen LogP contribution in [0.1, 0.15) is 0 Å². The Hall–Kier alpha value is 0.210. The molecule has 0 aromatic heterocycles. The van der Waals surface area contributed by atoms with Crippen molar-refractivity contribution in [2.75, 3.05) is 0 Å². The molecule has 0 fully saturated rings. The first-order chi connectivity index (χ1) is 3.98. The van der Waals surface area contributed by atoms with Crippen molar-refractivity contribution in [3.05, 3.63) is 0 Å². The van der Waals surface area contributed by atoms with Crippen LogP contribution in [0.3, 0.4) is 0 Å². The molecular weight excluding hydrogens is 179 g/mol. The average molecular weight is 181 g/mol. The van der Waals surface area contributed by atoms with Gasteiger partial charge in [0.1, 0.15) is 11.9 Å². The molecule has 0 aliphatic heterocycles. The highest BCUT2D eigenvalue weighted by molar-refractivity contribution is 7.97. The average Bonchev–Trinajstić information content (AvgIpc) is 1.64. The van der Waals surface area contributed by atoms with Gasteiger partial charge >= 0.3 is 5.51 Å². The highest BCUT2D eigenvalue weighted by atomic mass is 32.3. The van der Waals surface area contributed by atoms with Gasteiger partial charge in [-0.2, -0.15) is 0 Å². The van der Waals surface area contributed by atoms with Gasteiger partial charge in [0.05, 0.1) is 0 Å². The molecular formula is CH2F3NO2S2. The third-order valence-electron chi connectivity index (χ3n) is 0.330. The Balaban J connectivity index is 3.72. The Morgan fingerprint density at radius 2 is 2.00 bits per heavy atom. The minimum absolute atomic E-state index is 0.996. The zero-order valence-corrected chi connectivity index (χ0v) is 5.52. The van der Waals surface area contributed by atoms with Gasteiger partial charge in [0.2, 0.25) is 0 Å². The third kappa shape index (κ3) is 3.73. The topological polar surface area (TPSA) is 52.2 Å². The fourth-order valence-corrected chi connectivity index (χ4v) is 0.770. The van der Waals surface area contributed by atoms with Crippen molar-refractivity contribution < 1.29 is 21.9 Å².